The van der Waals surface area contributed by atoms with Gasteiger partial charge in [0.15, 0.2) is 0 Å². The van der Waals surface area contributed by atoms with E-state index in [2.05, 4.69) is 23.8 Å². The predicted octanol–water partition coefficient (Wildman–Crippen LogP) is 3.82. The molecule has 29 heavy (non-hydrogen) atoms. The van der Waals surface area contributed by atoms with Gasteiger partial charge in [0.2, 0.25) is 0 Å². The van der Waals surface area contributed by atoms with Crippen molar-refractivity contribution in [1.82, 2.24) is 19.6 Å². The Balaban J connectivity index is 1.71. The lowest BCUT2D eigenvalue weighted by molar-refractivity contribution is 0.100. The Morgan fingerprint density at radius 3 is 2.62 bits per heavy atom. The van der Waals surface area contributed by atoms with Crippen molar-refractivity contribution in [3.63, 3.8) is 0 Å². The molecule has 0 amide bonds. The molecule has 152 valence electrons. The van der Waals surface area contributed by atoms with Crippen LogP contribution in [0.4, 0.5) is 4.39 Å². The van der Waals surface area contributed by atoms with Gasteiger partial charge in [-0.15, -0.1) is 0 Å². The summed E-state index contributed by atoms with van der Waals surface area (Å²) in [6.07, 6.45) is 2.03. The minimum Gasteiger partial charge on any atom is -0.497 e. The molecule has 1 aliphatic rings. The van der Waals surface area contributed by atoms with Gasteiger partial charge in [-0.3, -0.25) is 4.90 Å². The fourth-order valence-electron chi connectivity index (χ4n) is 3.79. The summed E-state index contributed by atoms with van der Waals surface area (Å²) in [6, 6.07) is 15.4. The Morgan fingerprint density at radius 1 is 1.14 bits per heavy atom. The Kier molecular flexibility index (Phi) is 5.65. The van der Waals surface area contributed by atoms with Crippen molar-refractivity contribution in [2.45, 2.75) is 19.5 Å². The van der Waals surface area contributed by atoms with Crippen molar-refractivity contribution in [3.8, 4) is 22.7 Å². The minimum atomic E-state index is -0.323. The van der Waals surface area contributed by atoms with E-state index in [1.165, 1.54) is 6.07 Å². The molecule has 3 aromatic rings. The minimum absolute atomic E-state index is 0.323. The number of ether oxygens (including phenoxy) is 1. The third-order valence-electron chi connectivity index (χ3n) is 5.68. The van der Waals surface area contributed by atoms with Gasteiger partial charge >= 0.3 is 0 Å². The molecule has 0 aliphatic carbocycles. The average molecular weight is 394 g/mol. The quantitative estimate of drug-likeness (QED) is 0.659. The fraction of sp³-hybridized carbons (Fsp3) is 0.348. The van der Waals surface area contributed by atoms with Crippen LogP contribution in [0.1, 0.15) is 12.5 Å². The van der Waals surface area contributed by atoms with Gasteiger partial charge in [-0.05, 0) is 38.2 Å². The molecule has 5 nitrogen and oxygen atoms in total. The van der Waals surface area contributed by atoms with Crippen LogP contribution < -0.4 is 4.74 Å². The maximum Gasteiger partial charge on any atom is 0.136 e. The molecule has 0 bridgehead atoms. The smallest absolute Gasteiger partial charge is 0.136 e. The summed E-state index contributed by atoms with van der Waals surface area (Å²) < 4.78 is 21.9. The number of rotatable bonds is 5. The molecule has 2 heterocycles. The summed E-state index contributed by atoms with van der Waals surface area (Å²) in [5.74, 6) is 0.179. The molecular formula is C23H27FN4O. The molecular weight excluding hydrogens is 367 g/mol. The van der Waals surface area contributed by atoms with Gasteiger partial charge in [0.1, 0.15) is 17.3 Å². The maximum absolute atomic E-state index is 14.9. The molecule has 1 aliphatic heterocycles. The Labute approximate surface area is 171 Å². The van der Waals surface area contributed by atoms with E-state index < -0.39 is 0 Å². The Bertz CT molecular complexity index is 972. The van der Waals surface area contributed by atoms with Crippen molar-refractivity contribution in [3.05, 3.63) is 66.1 Å². The number of hydrogen-bond donors (Lipinski definition) is 0. The summed E-state index contributed by atoms with van der Waals surface area (Å²) in [6.45, 7) is 5.98. The number of piperazine rings is 1. The highest BCUT2D eigenvalue weighted by atomic mass is 19.1. The van der Waals surface area contributed by atoms with Crippen LogP contribution in [0, 0.1) is 5.82 Å². The predicted molar refractivity (Wildman–Crippen MR) is 113 cm³/mol. The van der Waals surface area contributed by atoms with Crippen molar-refractivity contribution in [2.24, 2.45) is 0 Å². The zero-order valence-corrected chi connectivity index (χ0v) is 17.2. The van der Waals surface area contributed by atoms with Crippen molar-refractivity contribution >= 4 is 0 Å². The first-order chi connectivity index (χ1) is 14.0. The molecule has 1 atom stereocenters. The third-order valence-corrected chi connectivity index (χ3v) is 5.68. The molecule has 1 saturated heterocycles. The Hall–Kier alpha value is -2.70. The zero-order valence-electron chi connectivity index (χ0n) is 17.2. The molecule has 6 heteroatoms. The zero-order chi connectivity index (χ0) is 20.4. The van der Waals surface area contributed by atoms with E-state index in [9.17, 15) is 4.39 Å². The van der Waals surface area contributed by atoms with Crippen LogP contribution in [0.5, 0.6) is 5.75 Å². The normalized spacial score (nSPS) is 18.1. The number of para-hydroxylation sites is 1. The third kappa shape index (κ3) is 4.18. The SMILES string of the molecule is COc1ccc(-c2nn(-c3ccccc3)cc2CN2CCN(C)[C@@H](C)C2)c(F)c1. The molecule has 1 fully saturated rings. The highest BCUT2D eigenvalue weighted by Gasteiger charge is 2.23. The van der Waals surface area contributed by atoms with Gasteiger partial charge in [0.05, 0.1) is 12.8 Å². The fourth-order valence-corrected chi connectivity index (χ4v) is 3.79. The van der Waals surface area contributed by atoms with Gasteiger partial charge in [0.25, 0.3) is 0 Å². The number of methoxy groups -OCH3 is 1. The maximum atomic E-state index is 14.9. The molecule has 4 rings (SSSR count). The van der Waals surface area contributed by atoms with Gasteiger partial charge in [-0.25, -0.2) is 9.07 Å². The van der Waals surface area contributed by atoms with E-state index in [1.54, 1.807) is 19.2 Å². The summed E-state index contributed by atoms with van der Waals surface area (Å²) >= 11 is 0. The number of nitrogens with zero attached hydrogens (tertiary/aromatic N) is 4. The van der Waals surface area contributed by atoms with Crippen LogP contribution in [0.3, 0.4) is 0 Å². The number of halogens is 1. The van der Waals surface area contributed by atoms with Gasteiger partial charge in [-0.1, -0.05) is 18.2 Å². The van der Waals surface area contributed by atoms with E-state index in [-0.39, 0.29) is 5.82 Å². The van der Waals surface area contributed by atoms with Crippen molar-refractivity contribution < 1.29 is 9.13 Å². The molecule has 0 spiro atoms. The van der Waals surface area contributed by atoms with E-state index in [0.29, 0.717) is 23.0 Å². The first kappa shape index (κ1) is 19.6. The first-order valence-electron chi connectivity index (χ1n) is 9.95. The van der Waals surface area contributed by atoms with Crippen LogP contribution in [-0.4, -0.2) is 59.4 Å². The lowest BCUT2D eigenvalue weighted by Gasteiger charge is -2.37. The molecule has 0 radical (unpaired) electrons. The molecule has 0 N–H and O–H groups in total. The van der Waals surface area contributed by atoms with Crippen molar-refractivity contribution in [1.29, 1.82) is 0 Å². The van der Waals surface area contributed by atoms with Gasteiger partial charge in [-0.2, -0.15) is 5.10 Å². The van der Waals surface area contributed by atoms with Gasteiger partial charge in [0, 0.05) is 55.6 Å². The standard InChI is InChI=1S/C23H27FN4O/c1-17-14-27(12-11-26(17)2)15-18-16-28(19-7-5-4-6-8-19)25-23(18)21-10-9-20(29-3)13-22(21)24/h4-10,13,16-17H,11-12,14-15H2,1-3H3/t17-/m0/s1. The van der Waals surface area contributed by atoms with E-state index >= 15 is 0 Å². The second kappa shape index (κ2) is 8.35. The highest BCUT2D eigenvalue weighted by molar-refractivity contribution is 5.65. The van der Waals surface area contributed by atoms with E-state index in [1.807, 2.05) is 41.2 Å². The molecule has 2 aromatic carbocycles. The summed E-state index contributed by atoms with van der Waals surface area (Å²) in [5.41, 5.74) is 3.16. The number of benzene rings is 2. The average Bonchev–Trinajstić information content (AvgIpc) is 3.14. The van der Waals surface area contributed by atoms with Crippen LogP contribution in [0.25, 0.3) is 16.9 Å². The lowest BCUT2D eigenvalue weighted by Crippen LogP contribution is -2.49. The van der Waals surface area contributed by atoms with E-state index in [0.717, 1.165) is 37.4 Å². The van der Waals surface area contributed by atoms with Crippen LogP contribution in [-0.2, 0) is 6.54 Å². The largest absolute Gasteiger partial charge is 0.497 e. The monoisotopic (exact) mass is 394 g/mol. The second-order valence-corrected chi connectivity index (χ2v) is 7.69. The number of likely N-dealkylation sites (N-methyl/N-ethyl adjacent to an activating group) is 1. The first-order valence-corrected chi connectivity index (χ1v) is 9.95. The van der Waals surface area contributed by atoms with Crippen molar-refractivity contribution in [2.75, 3.05) is 33.8 Å². The second-order valence-electron chi connectivity index (χ2n) is 7.69. The van der Waals surface area contributed by atoms with Gasteiger partial charge < -0.3 is 9.64 Å². The summed E-state index contributed by atoms with van der Waals surface area (Å²) in [7, 11) is 3.70. The topological polar surface area (TPSA) is 33.5 Å². The van der Waals surface area contributed by atoms with Crippen LogP contribution >= 0.6 is 0 Å². The Morgan fingerprint density at radius 2 is 1.93 bits per heavy atom. The molecule has 0 unspecified atom stereocenters. The molecule has 1 aromatic heterocycles. The summed E-state index contributed by atoms with van der Waals surface area (Å²) in [5, 5.41) is 4.77. The van der Waals surface area contributed by atoms with Crippen LogP contribution in [0.2, 0.25) is 0 Å². The lowest BCUT2D eigenvalue weighted by atomic mass is 10.1. The number of hydrogen-bond acceptors (Lipinski definition) is 4. The van der Waals surface area contributed by atoms with Crippen LogP contribution in [0.15, 0.2) is 54.7 Å². The highest BCUT2D eigenvalue weighted by Crippen LogP contribution is 2.30. The number of aromatic nitrogens is 2. The van der Waals surface area contributed by atoms with E-state index in [4.69, 9.17) is 9.84 Å². The molecule has 0 saturated carbocycles. The summed E-state index contributed by atoms with van der Waals surface area (Å²) in [4.78, 5) is 4.79.